The molecular weight excluding hydrogens is 300 g/mol. The molecule has 4 heteroatoms. The van der Waals surface area contributed by atoms with Gasteiger partial charge in [-0.15, -0.1) is 0 Å². The largest absolute Gasteiger partial charge is 0.340 e. The third-order valence-corrected chi connectivity index (χ3v) is 4.63. The molecule has 24 heavy (non-hydrogen) atoms. The number of carbonyl (C=O) groups is 2. The third-order valence-electron chi connectivity index (χ3n) is 4.63. The zero-order chi connectivity index (χ0) is 17.3. The van der Waals surface area contributed by atoms with Gasteiger partial charge in [0.1, 0.15) is 6.04 Å². The Bertz CT molecular complexity index is 781. The van der Waals surface area contributed by atoms with Crippen LogP contribution < -0.4 is 10.2 Å². The second kappa shape index (κ2) is 6.48. The van der Waals surface area contributed by atoms with Gasteiger partial charge < -0.3 is 10.2 Å². The lowest BCUT2D eigenvalue weighted by Gasteiger charge is -2.17. The van der Waals surface area contributed by atoms with Crippen molar-refractivity contribution in [1.29, 1.82) is 0 Å². The number of aryl methyl sites for hydroxylation is 3. The lowest BCUT2D eigenvalue weighted by molar-refractivity contribution is -0.118. The van der Waals surface area contributed by atoms with Crippen molar-refractivity contribution in [2.24, 2.45) is 0 Å². The van der Waals surface area contributed by atoms with Crippen LogP contribution in [0.1, 0.15) is 33.5 Å². The molecule has 1 aliphatic heterocycles. The van der Waals surface area contributed by atoms with Crippen LogP contribution in [0.4, 0.5) is 5.69 Å². The molecule has 0 aromatic heterocycles. The highest BCUT2D eigenvalue weighted by Crippen LogP contribution is 2.22. The van der Waals surface area contributed by atoms with Gasteiger partial charge in [0.15, 0.2) is 0 Å². The SMILES string of the molecule is Cc1ccc(N2CCC(NC(=O)c3ccc(C)c(C)c3)C2=O)cc1. The van der Waals surface area contributed by atoms with Crippen LogP contribution in [-0.4, -0.2) is 24.4 Å². The normalized spacial score (nSPS) is 17.2. The number of hydrogen-bond acceptors (Lipinski definition) is 2. The average Bonchev–Trinajstić information content (AvgIpc) is 2.92. The molecule has 2 aromatic carbocycles. The van der Waals surface area contributed by atoms with Crippen molar-refractivity contribution >= 4 is 17.5 Å². The Morgan fingerprint density at radius 2 is 1.75 bits per heavy atom. The van der Waals surface area contributed by atoms with E-state index in [-0.39, 0.29) is 11.8 Å². The molecule has 1 saturated heterocycles. The number of amides is 2. The fourth-order valence-electron chi connectivity index (χ4n) is 2.92. The van der Waals surface area contributed by atoms with E-state index in [9.17, 15) is 9.59 Å². The number of benzene rings is 2. The standard InChI is InChI=1S/C20H22N2O2/c1-13-4-8-17(9-5-13)22-11-10-18(20(22)24)21-19(23)16-7-6-14(2)15(3)12-16/h4-9,12,18H,10-11H2,1-3H3,(H,21,23). The van der Waals surface area contributed by atoms with Gasteiger partial charge in [-0.1, -0.05) is 23.8 Å². The highest BCUT2D eigenvalue weighted by molar-refractivity contribution is 6.04. The third kappa shape index (κ3) is 3.18. The minimum atomic E-state index is -0.458. The summed E-state index contributed by atoms with van der Waals surface area (Å²) in [4.78, 5) is 26.7. The summed E-state index contributed by atoms with van der Waals surface area (Å²) < 4.78 is 0. The molecule has 2 amide bonds. The first-order valence-electron chi connectivity index (χ1n) is 8.22. The number of anilines is 1. The Morgan fingerprint density at radius 1 is 1.04 bits per heavy atom. The van der Waals surface area contributed by atoms with E-state index in [1.807, 2.05) is 57.2 Å². The van der Waals surface area contributed by atoms with Crippen molar-refractivity contribution in [2.45, 2.75) is 33.2 Å². The van der Waals surface area contributed by atoms with Crippen molar-refractivity contribution in [2.75, 3.05) is 11.4 Å². The Labute approximate surface area is 142 Å². The van der Waals surface area contributed by atoms with Gasteiger partial charge in [0.25, 0.3) is 5.91 Å². The van der Waals surface area contributed by atoms with Crippen LogP contribution in [0.5, 0.6) is 0 Å². The highest BCUT2D eigenvalue weighted by atomic mass is 16.2. The molecule has 2 aromatic rings. The quantitative estimate of drug-likeness (QED) is 0.944. The summed E-state index contributed by atoms with van der Waals surface area (Å²) in [5.41, 5.74) is 4.86. The van der Waals surface area contributed by atoms with E-state index in [4.69, 9.17) is 0 Å². The smallest absolute Gasteiger partial charge is 0.251 e. The van der Waals surface area contributed by atoms with E-state index in [0.29, 0.717) is 18.5 Å². The summed E-state index contributed by atoms with van der Waals surface area (Å²) in [5.74, 6) is -0.238. The monoisotopic (exact) mass is 322 g/mol. The summed E-state index contributed by atoms with van der Waals surface area (Å²) in [6.45, 7) is 6.63. The molecule has 124 valence electrons. The molecule has 1 heterocycles. The lowest BCUT2D eigenvalue weighted by atomic mass is 10.1. The Kier molecular flexibility index (Phi) is 4.38. The fraction of sp³-hybridized carbons (Fsp3) is 0.300. The van der Waals surface area contributed by atoms with E-state index in [1.54, 1.807) is 11.0 Å². The minimum Gasteiger partial charge on any atom is -0.340 e. The van der Waals surface area contributed by atoms with Gasteiger partial charge in [-0.25, -0.2) is 0 Å². The van der Waals surface area contributed by atoms with Gasteiger partial charge in [-0.3, -0.25) is 9.59 Å². The summed E-state index contributed by atoms with van der Waals surface area (Å²) in [7, 11) is 0. The van der Waals surface area contributed by atoms with E-state index in [0.717, 1.165) is 22.4 Å². The number of rotatable bonds is 3. The molecule has 1 unspecified atom stereocenters. The number of carbonyl (C=O) groups excluding carboxylic acids is 2. The van der Waals surface area contributed by atoms with Crippen LogP contribution in [0.15, 0.2) is 42.5 Å². The van der Waals surface area contributed by atoms with Gasteiger partial charge >= 0.3 is 0 Å². The van der Waals surface area contributed by atoms with Crippen molar-refractivity contribution in [1.82, 2.24) is 5.32 Å². The first kappa shape index (κ1) is 16.2. The van der Waals surface area contributed by atoms with Crippen LogP contribution in [0.3, 0.4) is 0 Å². The van der Waals surface area contributed by atoms with E-state index in [2.05, 4.69) is 5.32 Å². The van der Waals surface area contributed by atoms with Crippen LogP contribution >= 0.6 is 0 Å². The molecule has 1 N–H and O–H groups in total. The predicted octanol–water partition coefficient (Wildman–Crippen LogP) is 3.15. The van der Waals surface area contributed by atoms with E-state index < -0.39 is 6.04 Å². The zero-order valence-corrected chi connectivity index (χ0v) is 14.3. The molecule has 0 radical (unpaired) electrons. The first-order valence-corrected chi connectivity index (χ1v) is 8.22. The summed E-state index contributed by atoms with van der Waals surface area (Å²) in [5, 5.41) is 2.87. The van der Waals surface area contributed by atoms with Crippen molar-refractivity contribution in [3.05, 3.63) is 64.7 Å². The van der Waals surface area contributed by atoms with Crippen LogP contribution in [0.2, 0.25) is 0 Å². The van der Waals surface area contributed by atoms with Crippen LogP contribution in [0, 0.1) is 20.8 Å². The topological polar surface area (TPSA) is 49.4 Å². The summed E-state index contributed by atoms with van der Waals surface area (Å²) >= 11 is 0. The molecule has 0 spiro atoms. The molecule has 0 aliphatic carbocycles. The van der Waals surface area contributed by atoms with E-state index >= 15 is 0 Å². The average molecular weight is 322 g/mol. The fourth-order valence-corrected chi connectivity index (χ4v) is 2.92. The molecule has 1 fully saturated rings. The minimum absolute atomic E-state index is 0.0453. The van der Waals surface area contributed by atoms with Crippen LogP contribution in [0.25, 0.3) is 0 Å². The maximum Gasteiger partial charge on any atom is 0.251 e. The predicted molar refractivity (Wildman–Crippen MR) is 95.3 cm³/mol. The van der Waals surface area contributed by atoms with Gasteiger partial charge in [-0.05, 0) is 62.6 Å². The second-order valence-corrected chi connectivity index (χ2v) is 6.44. The molecule has 4 nitrogen and oxygen atoms in total. The molecular formula is C20H22N2O2. The highest BCUT2D eigenvalue weighted by Gasteiger charge is 2.33. The lowest BCUT2D eigenvalue weighted by Crippen LogP contribution is -2.41. The number of hydrogen-bond donors (Lipinski definition) is 1. The first-order chi connectivity index (χ1) is 11.5. The van der Waals surface area contributed by atoms with Crippen molar-refractivity contribution in [3.63, 3.8) is 0 Å². The maximum atomic E-state index is 12.6. The molecule has 0 bridgehead atoms. The van der Waals surface area contributed by atoms with Gasteiger partial charge in [0, 0.05) is 17.8 Å². The van der Waals surface area contributed by atoms with Crippen LogP contribution in [-0.2, 0) is 4.79 Å². The molecule has 3 rings (SSSR count). The Hall–Kier alpha value is -2.62. The van der Waals surface area contributed by atoms with Crippen molar-refractivity contribution in [3.8, 4) is 0 Å². The van der Waals surface area contributed by atoms with Gasteiger partial charge in [0.2, 0.25) is 5.91 Å². The van der Waals surface area contributed by atoms with E-state index in [1.165, 1.54) is 0 Å². The Balaban J connectivity index is 1.70. The van der Waals surface area contributed by atoms with Gasteiger partial charge in [0.05, 0.1) is 0 Å². The summed E-state index contributed by atoms with van der Waals surface area (Å²) in [6.07, 6.45) is 0.628. The maximum absolute atomic E-state index is 12.6. The molecule has 0 saturated carbocycles. The molecule has 1 aliphatic rings. The zero-order valence-electron chi connectivity index (χ0n) is 14.3. The Morgan fingerprint density at radius 3 is 2.42 bits per heavy atom. The second-order valence-electron chi connectivity index (χ2n) is 6.44. The number of nitrogens with zero attached hydrogens (tertiary/aromatic N) is 1. The summed E-state index contributed by atoms with van der Waals surface area (Å²) in [6, 6.07) is 13.0. The number of nitrogens with one attached hydrogen (secondary N) is 1. The molecule has 1 atom stereocenters. The van der Waals surface area contributed by atoms with Gasteiger partial charge in [-0.2, -0.15) is 0 Å². The van der Waals surface area contributed by atoms with Crippen molar-refractivity contribution < 1.29 is 9.59 Å².